The Hall–Kier alpha value is -0.830. The molecule has 1 atom stereocenters. The average molecular weight is 219 g/mol. The first-order chi connectivity index (χ1) is 7.66. The Balaban J connectivity index is 1.81. The molecule has 1 aliphatic carbocycles. The van der Waals surface area contributed by atoms with Gasteiger partial charge in [-0.3, -0.25) is 0 Å². The zero-order valence-electron chi connectivity index (χ0n) is 10.2. The molecule has 16 heavy (non-hydrogen) atoms. The number of imidazole rings is 1. The summed E-state index contributed by atoms with van der Waals surface area (Å²) in [6.45, 7) is 7.02. The fraction of sp³-hybridized carbons (Fsp3) is 0.769. The lowest BCUT2D eigenvalue weighted by molar-refractivity contribution is 0.348. The van der Waals surface area contributed by atoms with Crippen LogP contribution in [0.3, 0.4) is 0 Å². The Morgan fingerprint density at radius 2 is 2.25 bits per heavy atom. The molecule has 0 aromatic carbocycles. The van der Waals surface area contributed by atoms with E-state index >= 15 is 0 Å². The molecule has 3 rings (SSSR count). The second-order valence-corrected chi connectivity index (χ2v) is 6.14. The smallest absolute Gasteiger partial charge is 0.0950 e. The first-order valence-electron chi connectivity index (χ1n) is 6.38. The van der Waals surface area contributed by atoms with Gasteiger partial charge >= 0.3 is 0 Å². The number of hydrogen-bond acceptors (Lipinski definition) is 2. The van der Waals surface area contributed by atoms with Gasteiger partial charge in [-0.15, -0.1) is 0 Å². The Labute approximate surface area is 97.3 Å². The van der Waals surface area contributed by atoms with Crippen LogP contribution in [-0.4, -0.2) is 22.6 Å². The van der Waals surface area contributed by atoms with E-state index < -0.39 is 0 Å². The topological polar surface area (TPSA) is 29.9 Å². The highest BCUT2D eigenvalue weighted by atomic mass is 15.1. The Kier molecular flexibility index (Phi) is 2.32. The molecule has 2 aliphatic rings. The molecule has 1 aliphatic heterocycles. The summed E-state index contributed by atoms with van der Waals surface area (Å²) in [5.41, 5.74) is 1.96. The third kappa shape index (κ3) is 1.67. The number of rotatable bonds is 2. The van der Waals surface area contributed by atoms with E-state index in [0.717, 1.165) is 13.1 Å². The first-order valence-corrected chi connectivity index (χ1v) is 6.38. The van der Waals surface area contributed by atoms with E-state index in [1.807, 2.05) is 6.33 Å². The van der Waals surface area contributed by atoms with Gasteiger partial charge in [-0.25, -0.2) is 4.98 Å². The maximum atomic E-state index is 4.35. The van der Waals surface area contributed by atoms with Crippen LogP contribution in [-0.2, 0) is 0 Å². The summed E-state index contributed by atoms with van der Waals surface area (Å²) in [5, 5.41) is 3.34. The van der Waals surface area contributed by atoms with E-state index in [4.69, 9.17) is 0 Å². The first kappa shape index (κ1) is 10.3. The molecular weight excluding hydrogens is 198 g/mol. The van der Waals surface area contributed by atoms with Crippen molar-refractivity contribution in [3.05, 3.63) is 18.2 Å². The largest absolute Gasteiger partial charge is 0.331 e. The minimum Gasteiger partial charge on any atom is -0.331 e. The Morgan fingerprint density at radius 3 is 2.81 bits per heavy atom. The van der Waals surface area contributed by atoms with E-state index in [1.54, 1.807) is 0 Å². The number of nitrogens with zero attached hydrogens (tertiary/aromatic N) is 2. The van der Waals surface area contributed by atoms with Gasteiger partial charge in [-0.1, -0.05) is 13.8 Å². The molecule has 2 heterocycles. The van der Waals surface area contributed by atoms with Crippen molar-refractivity contribution in [3.8, 4) is 0 Å². The zero-order chi connectivity index (χ0) is 11.2. The normalized spacial score (nSPS) is 29.2. The van der Waals surface area contributed by atoms with Crippen LogP contribution in [0.4, 0.5) is 0 Å². The van der Waals surface area contributed by atoms with Crippen LogP contribution >= 0.6 is 0 Å². The average Bonchev–Trinajstić information content (AvgIpc) is 2.69. The number of nitrogens with one attached hydrogen (secondary N) is 1. The van der Waals surface area contributed by atoms with Gasteiger partial charge in [0.25, 0.3) is 0 Å². The van der Waals surface area contributed by atoms with Gasteiger partial charge in [0.1, 0.15) is 0 Å². The summed E-state index contributed by atoms with van der Waals surface area (Å²) in [6, 6.07) is 0.688. The standard InChI is InChI=1S/C13H21N3/c1-13(2)4-3-11(5-13)16-9-15-8-12(16)10-6-14-7-10/h8-11,14H,3-7H2,1-2H3. The molecule has 88 valence electrons. The van der Waals surface area contributed by atoms with Crippen LogP contribution in [0.5, 0.6) is 0 Å². The van der Waals surface area contributed by atoms with Crippen molar-refractivity contribution >= 4 is 0 Å². The molecule has 0 amide bonds. The summed E-state index contributed by atoms with van der Waals surface area (Å²) in [6.07, 6.45) is 8.07. The van der Waals surface area contributed by atoms with E-state index in [9.17, 15) is 0 Å². The summed E-state index contributed by atoms with van der Waals surface area (Å²) >= 11 is 0. The van der Waals surface area contributed by atoms with Crippen molar-refractivity contribution in [2.75, 3.05) is 13.1 Å². The van der Waals surface area contributed by atoms with Crippen molar-refractivity contribution in [1.82, 2.24) is 14.9 Å². The van der Waals surface area contributed by atoms with Gasteiger partial charge in [-0.2, -0.15) is 0 Å². The monoisotopic (exact) mass is 219 g/mol. The predicted molar refractivity (Wildman–Crippen MR) is 64.5 cm³/mol. The lowest BCUT2D eigenvalue weighted by atomic mass is 9.91. The van der Waals surface area contributed by atoms with Crippen LogP contribution in [0, 0.1) is 5.41 Å². The molecule has 0 spiro atoms. The highest BCUT2D eigenvalue weighted by molar-refractivity contribution is 5.13. The molecule has 2 fully saturated rings. The van der Waals surface area contributed by atoms with Crippen LogP contribution in [0.15, 0.2) is 12.5 Å². The van der Waals surface area contributed by atoms with Gasteiger partial charge in [0, 0.05) is 36.9 Å². The molecule has 3 nitrogen and oxygen atoms in total. The van der Waals surface area contributed by atoms with Crippen molar-refractivity contribution < 1.29 is 0 Å². The van der Waals surface area contributed by atoms with Gasteiger partial charge in [0.2, 0.25) is 0 Å². The summed E-state index contributed by atoms with van der Waals surface area (Å²) in [5.74, 6) is 0.700. The van der Waals surface area contributed by atoms with E-state index in [-0.39, 0.29) is 0 Å². The van der Waals surface area contributed by atoms with Crippen LogP contribution < -0.4 is 5.32 Å². The lowest BCUT2D eigenvalue weighted by Crippen LogP contribution is -2.41. The Bertz CT molecular complexity index is 376. The third-order valence-corrected chi connectivity index (χ3v) is 4.23. The van der Waals surface area contributed by atoms with Crippen molar-refractivity contribution in [2.24, 2.45) is 5.41 Å². The number of aromatic nitrogens is 2. The van der Waals surface area contributed by atoms with E-state index in [1.165, 1.54) is 25.0 Å². The van der Waals surface area contributed by atoms with Crippen molar-refractivity contribution in [2.45, 2.75) is 45.1 Å². The quantitative estimate of drug-likeness (QED) is 0.827. The summed E-state index contributed by atoms with van der Waals surface area (Å²) in [4.78, 5) is 4.35. The van der Waals surface area contributed by atoms with Crippen LogP contribution in [0.25, 0.3) is 0 Å². The van der Waals surface area contributed by atoms with Crippen LogP contribution in [0.1, 0.15) is 50.8 Å². The Morgan fingerprint density at radius 1 is 1.44 bits per heavy atom. The van der Waals surface area contributed by atoms with E-state index in [0.29, 0.717) is 17.4 Å². The van der Waals surface area contributed by atoms with Gasteiger partial charge < -0.3 is 9.88 Å². The second kappa shape index (κ2) is 3.59. The van der Waals surface area contributed by atoms with E-state index in [2.05, 4.69) is 34.9 Å². The minimum absolute atomic E-state index is 0.518. The van der Waals surface area contributed by atoms with Crippen molar-refractivity contribution in [1.29, 1.82) is 0 Å². The molecule has 0 radical (unpaired) electrons. The second-order valence-electron chi connectivity index (χ2n) is 6.14. The van der Waals surface area contributed by atoms with Crippen molar-refractivity contribution in [3.63, 3.8) is 0 Å². The summed E-state index contributed by atoms with van der Waals surface area (Å²) < 4.78 is 2.44. The fourth-order valence-electron chi connectivity index (χ4n) is 3.07. The maximum Gasteiger partial charge on any atom is 0.0950 e. The molecule has 0 bridgehead atoms. The number of hydrogen-bond donors (Lipinski definition) is 1. The fourth-order valence-corrected chi connectivity index (χ4v) is 3.07. The lowest BCUT2D eigenvalue weighted by Gasteiger charge is -2.29. The summed E-state index contributed by atoms with van der Waals surface area (Å²) in [7, 11) is 0. The maximum absolute atomic E-state index is 4.35. The molecule has 1 saturated carbocycles. The molecule has 1 aromatic heterocycles. The van der Waals surface area contributed by atoms with Gasteiger partial charge in [-0.05, 0) is 24.7 Å². The van der Waals surface area contributed by atoms with Crippen LogP contribution in [0.2, 0.25) is 0 Å². The zero-order valence-corrected chi connectivity index (χ0v) is 10.2. The highest BCUT2D eigenvalue weighted by Gasteiger charge is 2.34. The predicted octanol–water partition coefficient (Wildman–Crippen LogP) is 2.32. The molecular formula is C13H21N3. The van der Waals surface area contributed by atoms with Gasteiger partial charge in [0.05, 0.1) is 6.33 Å². The molecule has 1 aromatic rings. The SMILES string of the molecule is CC1(C)CCC(n2cncc2C2CNC2)C1. The van der Waals surface area contributed by atoms with Gasteiger partial charge in [0.15, 0.2) is 0 Å². The molecule has 3 heteroatoms. The molecule has 1 N–H and O–H groups in total. The minimum atomic E-state index is 0.518. The highest BCUT2D eigenvalue weighted by Crippen LogP contribution is 2.44. The molecule has 1 saturated heterocycles. The molecule has 1 unspecified atom stereocenters. The third-order valence-electron chi connectivity index (χ3n) is 4.23.